The molecule has 0 bridgehead atoms. The largest absolute Gasteiger partial charge is 0.357 e. The summed E-state index contributed by atoms with van der Waals surface area (Å²) < 4.78 is 1.98. The summed E-state index contributed by atoms with van der Waals surface area (Å²) in [5, 5.41) is 11.1. The molecule has 1 unspecified atom stereocenters. The van der Waals surface area contributed by atoms with Crippen LogP contribution in [0.5, 0.6) is 0 Å². The van der Waals surface area contributed by atoms with Crippen molar-refractivity contribution in [1.29, 1.82) is 0 Å². The third kappa shape index (κ3) is 7.82. The average Bonchev–Trinajstić information content (AvgIpc) is 3.11. The summed E-state index contributed by atoms with van der Waals surface area (Å²) in [6.45, 7) is 14.9. The number of guanidine groups is 1. The first-order chi connectivity index (χ1) is 12.0. The molecule has 7 heteroatoms. The van der Waals surface area contributed by atoms with Crippen LogP contribution in [0.4, 0.5) is 0 Å². The second kappa shape index (κ2) is 11.8. The molecule has 150 valence electrons. The van der Waals surface area contributed by atoms with Crippen LogP contribution in [0.25, 0.3) is 0 Å². The summed E-state index contributed by atoms with van der Waals surface area (Å²) >= 11 is 0. The maximum Gasteiger partial charge on any atom is 0.191 e. The van der Waals surface area contributed by atoms with Gasteiger partial charge < -0.3 is 10.6 Å². The van der Waals surface area contributed by atoms with Crippen molar-refractivity contribution in [3.63, 3.8) is 0 Å². The number of rotatable bonds is 8. The summed E-state index contributed by atoms with van der Waals surface area (Å²) in [5.41, 5.74) is 0.115. The summed E-state index contributed by atoms with van der Waals surface area (Å²) in [6, 6.07) is 1.97. The van der Waals surface area contributed by atoms with E-state index in [9.17, 15) is 0 Å². The van der Waals surface area contributed by atoms with Gasteiger partial charge in [0.2, 0.25) is 0 Å². The molecule has 1 aliphatic rings. The van der Waals surface area contributed by atoms with E-state index in [1.165, 1.54) is 32.4 Å². The summed E-state index contributed by atoms with van der Waals surface area (Å²) in [7, 11) is 0. The maximum absolute atomic E-state index is 4.86. The number of hydrogen-bond acceptors (Lipinski definition) is 3. The Kier molecular flexibility index (Phi) is 10.5. The van der Waals surface area contributed by atoms with Gasteiger partial charge in [-0.25, -0.2) is 0 Å². The first kappa shape index (κ1) is 23.2. The number of halogens is 1. The first-order valence-electron chi connectivity index (χ1n) is 9.76. The van der Waals surface area contributed by atoms with Crippen LogP contribution in [0, 0.1) is 5.92 Å². The van der Waals surface area contributed by atoms with Gasteiger partial charge in [0, 0.05) is 37.6 Å². The quantitative estimate of drug-likeness (QED) is 0.344. The maximum atomic E-state index is 4.86. The van der Waals surface area contributed by atoms with Crippen LogP contribution in [0.1, 0.15) is 47.0 Å². The van der Waals surface area contributed by atoms with Gasteiger partial charge in [-0.15, -0.1) is 24.0 Å². The molecule has 6 nitrogen and oxygen atoms in total. The molecular weight excluding hydrogens is 439 g/mol. The van der Waals surface area contributed by atoms with Gasteiger partial charge >= 0.3 is 0 Å². The molecule has 1 aromatic heterocycles. The molecular formula is C19H37IN6. The Labute approximate surface area is 176 Å². The fraction of sp³-hybridized carbons (Fsp3) is 0.789. The van der Waals surface area contributed by atoms with Crippen molar-refractivity contribution >= 4 is 29.9 Å². The highest BCUT2D eigenvalue weighted by molar-refractivity contribution is 14.0. The Morgan fingerprint density at radius 2 is 1.96 bits per heavy atom. The molecule has 1 atom stereocenters. The first-order valence-corrected chi connectivity index (χ1v) is 9.76. The predicted molar refractivity (Wildman–Crippen MR) is 120 cm³/mol. The van der Waals surface area contributed by atoms with E-state index in [1.54, 1.807) is 0 Å². The Hall–Kier alpha value is -0.830. The fourth-order valence-electron chi connectivity index (χ4n) is 3.28. The Morgan fingerprint density at radius 1 is 1.23 bits per heavy atom. The van der Waals surface area contributed by atoms with Crippen molar-refractivity contribution in [3.05, 3.63) is 18.5 Å². The van der Waals surface area contributed by atoms with E-state index in [2.05, 4.69) is 48.3 Å². The van der Waals surface area contributed by atoms with Crippen molar-refractivity contribution < 1.29 is 0 Å². The number of aliphatic imine (C=N–C) groups is 1. The lowest BCUT2D eigenvalue weighted by atomic mass is 9.99. The van der Waals surface area contributed by atoms with Crippen molar-refractivity contribution in [2.75, 3.05) is 32.7 Å². The molecule has 2 rings (SSSR count). The van der Waals surface area contributed by atoms with Gasteiger partial charge in [0.05, 0.1) is 6.54 Å². The van der Waals surface area contributed by atoms with Gasteiger partial charge in [-0.3, -0.25) is 14.6 Å². The van der Waals surface area contributed by atoms with Gasteiger partial charge in [0.1, 0.15) is 0 Å². The van der Waals surface area contributed by atoms with E-state index < -0.39 is 0 Å². The zero-order valence-corrected chi connectivity index (χ0v) is 19.2. The molecule has 1 saturated heterocycles. The van der Waals surface area contributed by atoms with Gasteiger partial charge in [0.15, 0.2) is 5.96 Å². The molecule has 2 N–H and O–H groups in total. The number of nitrogens with one attached hydrogen (secondary N) is 2. The smallest absolute Gasteiger partial charge is 0.191 e. The molecule has 0 amide bonds. The van der Waals surface area contributed by atoms with Crippen LogP contribution in [-0.4, -0.2) is 58.9 Å². The average molecular weight is 476 g/mol. The van der Waals surface area contributed by atoms with E-state index >= 15 is 0 Å². The minimum absolute atomic E-state index is 0. The van der Waals surface area contributed by atoms with Crippen molar-refractivity contribution in [2.24, 2.45) is 10.9 Å². The van der Waals surface area contributed by atoms with Crippen molar-refractivity contribution in [3.8, 4) is 0 Å². The number of nitrogens with zero attached hydrogens (tertiary/aromatic N) is 4. The second-order valence-corrected chi connectivity index (χ2v) is 7.77. The molecule has 1 fully saturated rings. The summed E-state index contributed by atoms with van der Waals surface area (Å²) in [6.07, 6.45) is 7.84. The molecule has 2 heterocycles. The number of likely N-dealkylation sites (tertiary alicyclic amines) is 1. The predicted octanol–water partition coefficient (Wildman–Crippen LogP) is 2.96. The minimum Gasteiger partial charge on any atom is -0.357 e. The highest BCUT2D eigenvalue weighted by atomic mass is 127. The Balaban J connectivity index is 0.00000338. The topological polar surface area (TPSA) is 57.5 Å². The minimum atomic E-state index is 0. The van der Waals surface area contributed by atoms with Crippen LogP contribution >= 0.6 is 24.0 Å². The fourth-order valence-corrected chi connectivity index (χ4v) is 3.28. The van der Waals surface area contributed by atoms with E-state index in [0.29, 0.717) is 5.92 Å². The molecule has 1 aromatic rings. The SMILES string of the molecule is CCNC(=NCC(C)(C)N1CCCCC1)NCC(C)Cn1cccn1.I. The zero-order valence-electron chi connectivity index (χ0n) is 16.9. The Morgan fingerprint density at radius 3 is 2.58 bits per heavy atom. The normalized spacial score (nSPS) is 17.5. The summed E-state index contributed by atoms with van der Waals surface area (Å²) in [4.78, 5) is 7.45. The highest BCUT2D eigenvalue weighted by Crippen LogP contribution is 2.20. The van der Waals surface area contributed by atoms with Crippen molar-refractivity contribution in [1.82, 2.24) is 25.3 Å². The molecule has 0 aromatic carbocycles. The standard InChI is InChI=1S/C19H36N6.HI/c1-5-20-18(21-14-17(2)15-25-13-9-10-23-25)22-16-19(3,4)24-11-7-6-8-12-24;/h9-10,13,17H,5-8,11-12,14-16H2,1-4H3,(H2,20,21,22);1H. The molecule has 1 aliphatic heterocycles. The van der Waals surface area contributed by atoms with Gasteiger partial charge in [-0.05, 0) is 58.7 Å². The lowest BCUT2D eigenvalue weighted by molar-refractivity contribution is 0.102. The van der Waals surface area contributed by atoms with Crippen LogP contribution in [-0.2, 0) is 6.54 Å². The summed E-state index contributed by atoms with van der Waals surface area (Å²) in [5.74, 6) is 1.40. The van der Waals surface area contributed by atoms with E-state index in [1.807, 2.05) is 23.1 Å². The molecule has 0 radical (unpaired) electrons. The van der Waals surface area contributed by atoms with E-state index in [4.69, 9.17) is 4.99 Å². The lowest BCUT2D eigenvalue weighted by Gasteiger charge is -2.40. The van der Waals surface area contributed by atoms with Crippen LogP contribution in [0.15, 0.2) is 23.5 Å². The number of piperidine rings is 1. The third-order valence-corrected chi connectivity index (χ3v) is 4.86. The monoisotopic (exact) mass is 476 g/mol. The van der Waals surface area contributed by atoms with Crippen molar-refractivity contribution in [2.45, 2.75) is 59.0 Å². The molecule has 0 saturated carbocycles. The van der Waals surface area contributed by atoms with Crippen LogP contribution in [0.2, 0.25) is 0 Å². The number of aromatic nitrogens is 2. The van der Waals surface area contributed by atoms with Crippen LogP contribution < -0.4 is 10.6 Å². The van der Waals surface area contributed by atoms with E-state index in [0.717, 1.165) is 32.1 Å². The Bertz CT molecular complexity index is 508. The zero-order chi connectivity index (χ0) is 18.1. The molecule has 0 spiro atoms. The van der Waals surface area contributed by atoms with Gasteiger partial charge in [-0.1, -0.05) is 13.3 Å². The van der Waals surface area contributed by atoms with E-state index in [-0.39, 0.29) is 29.5 Å². The molecule has 0 aliphatic carbocycles. The third-order valence-electron chi connectivity index (χ3n) is 4.86. The van der Waals surface area contributed by atoms with Crippen LogP contribution in [0.3, 0.4) is 0 Å². The molecule has 26 heavy (non-hydrogen) atoms. The van der Waals surface area contributed by atoms with Gasteiger partial charge in [0.25, 0.3) is 0 Å². The lowest BCUT2D eigenvalue weighted by Crippen LogP contribution is -2.49. The second-order valence-electron chi connectivity index (χ2n) is 7.77. The van der Waals surface area contributed by atoms with Gasteiger partial charge in [-0.2, -0.15) is 5.10 Å². The highest BCUT2D eigenvalue weighted by Gasteiger charge is 2.27. The number of hydrogen-bond donors (Lipinski definition) is 2.